The third-order valence-corrected chi connectivity index (χ3v) is 5.99. The Kier molecular flexibility index (Phi) is 7.30. The first kappa shape index (κ1) is 23.5. The molecule has 1 N–H and O–H groups in total. The Morgan fingerprint density at radius 3 is 2.41 bits per heavy atom. The highest BCUT2D eigenvalue weighted by atomic mass is 16.5. The molecule has 1 aliphatic rings. The number of benzene rings is 1. The first-order valence-electron chi connectivity index (χ1n) is 10.9. The minimum Gasteiger partial charge on any atom is -0.507 e. The van der Waals surface area contributed by atoms with Gasteiger partial charge in [-0.2, -0.15) is 0 Å². The number of hydrogen-bond acceptors (Lipinski definition) is 6. The van der Waals surface area contributed by atoms with E-state index in [1.54, 1.807) is 35.5 Å². The first-order chi connectivity index (χ1) is 15.3. The number of hydrogen-bond donors (Lipinski definition) is 1. The van der Waals surface area contributed by atoms with Crippen molar-refractivity contribution >= 4 is 17.4 Å². The lowest BCUT2D eigenvalue weighted by Crippen LogP contribution is -2.38. The van der Waals surface area contributed by atoms with E-state index in [0.717, 1.165) is 29.8 Å². The van der Waals surface area contributed by atoms with Crippen molar-refractivity contribution in [3.8, 4) is 5.75 Å². The number of carbonyl (C=O) groups is 2. The number of aliphatic hydroxyl groups is 1. The monoisotopic (exact) mass is 437 g/mol. The van der Waals surface area contributed by atoms with E-state index in [1.807, 2.05) is 19.9 Å². The van der Waals surface area contributed by atoms with Crippen LogP contribution in [0.4, 0.5) is 0 Å². The zero-order chi connectivity index (χ0) is 23.4. The van der Waals surface area contributed by atoms with Crippen LogP contribution in [-0.2, 0) is 9.59 Å². The van der Waals surface area contributed by atoms with Gasteiger partial charge in [0.15, 0.2) is 0 Å². The second-order valence-corrected chi connectivity index (χ2v) is 7.96. The molecule has 32 heavy (non-hydrogen) atoms. The van der Waals surface area contributed by atoms with Crippen molar-refractivity contribution in [2.75, 3.05) is 33.3 Å². The van der Waals surface area contributed by atoms with Gasteiger partial charge >= 0.3 is 0 Å². The summed E-state index contributed by atoms with van der Waals surface area (Å²) in [4.78, 5) is 34.1. The Balaban J connectivity index is 2.17. The molecule has 0 aliphatic carbocycles. The Morgan fingerprint density at radius 2 is 1.81 bits per heavy atom. The smallest absolute Gasteiger partial charge is 0.295 e. The number of carbonyl (C=O) groups excluding carboxylic acids is 2. The second kappa shape index (κ2) is 9.96. The summed E-state index contributed by atoms with van der Waals surface area (Å²) < 4.78 is 5.53. The molecular weight excluding hydrogens is 406 g/mol. The number of likely N-dealkylation sites (N-methyl/N-ethyl adjacent to an activating group) is 1. The maximum absolute atomic E-state index is 13.2. The fourth-order valence-electron chi connectivity index (χ4n) is 4.34. The Hall–Kier alpha value is -3.19. The average molecular weight is 438 g/mol. The van der Waals surface area contributed by atoms with Crippen LogP contribution < -0.4 is 4.74 Å². The molecule has 2 heterocycles. The topological polar surface area (TPSA) is 83.0 Å². The van der Waals surface area contributed by atoms with Gasteiger partial charge in [0.1, 0.15) is 11.5 Å². The number of likely N-dealkylation sites (tertiary alicyclic amines) is 1. The molecule has 3 rings (SSSR count). The van der Waals surface area contributed by atoms with Crippen molar-refractivity contribution in [2.45, 2.75) is 33.7 Å². The first-order valence-corrected chi connectivity index (χ1v) is 10.9. The molecule has 1 aliphatic heterocycles. The third-order valence-electron chi connectivity index (χ3n) is 5.99. The molecule has 2 aromatic rings. The summed E-state index contributed by atoms with van der Waals surface area (Å²) in [6.45, 7) is 10.6. The summed E-state index contributed by atoms with van der Waals surface area (Å²) in [6.07, 6.45) is 3.24. The maximum atomic E-state index is 13.2. The minimum absolute atomic E-state index is 0.0732. The van der Waals surface area contributed by atoms with Gasteiger partial charge < -0.3 is 19.6 Å². The maximum Gasteiger partial charge on any atom is 0.295 e. The fourth-order valence-corrected chi connectivity index (χ4v) is 4.34. The van der Waals surface area contributed by atoms with E-state index in [2.05, 4.69) is 23.7 Å². The Bertz CT molecular complexity index is 1030. The lowest BCUT2D eigenvalue weighted by Gasteiger charge is -2.28. The number of aryl methyl sites for hydroxylation is 2. The number of ether oxygens (including phenoxy) is 1. The van der Waals surface area contributed by atoms with Crippen molar-refractivity contribution < 1.29 is 19.4 Å². The lowest BCUT2D eigenvalue weighted by molar-refractivity contribution is -0.140. The van der Waals surface area contributed by atoms with Crippen molar-refractivity contribution in [3.63, 3.8) is 0 Å². The van der Waals surface area contributed by atoms with Gasteiger partial charge in [0.05, 0.1) is 24.3 Å². The molecule has 7 nitrogen and oxygen atoms in total. The number of Topliss-reactive ketones (excluding diaryl/α,β-unsaturated/α-hetero) is 1. The zero-order valence-corrected chi connectivity index (χ0v) is 19.4. The molecule has 1 fully saturated rings. The molecule has 0 saturated carbocycles. The van der Waals surface area contributed by atoms with Gasteiger partial charge in [0.25, 0.3) is 11.7 Å². The van der Waals surface area contributed by atoms with Crippen LogP contribution >= 0.6 is 0 Å². The Labute approximate surface area is 189 Å². The number of amides is 1. The average Bonchev–Trinajstić information content (AvgIpc) is 3.04. The second-order valence-electron chi connectivity index (χ2n) is 7.96. The van der Waals surface area contributed by atoms with Crippen molar-refractivity contribution in [1.29, 1.82) is 0 Å². The van der Waals surface area contributed by atoms with Gasteiger partial charge in [-0.25, -0.2) is 0 Å². The molecule has 1 atom stereocenters. The van der Waals surface area contributed by atoms with Crippen molar-refractivity contribution in [2.24, 2.45) is 0 Å². The van der Waals surface area contributed by atoms with E-state index in [1.165, 1.54) is 7.11 Å². The zero-order valence-electron chi connectivity index (χ0n) is 19.4. The summed E-state index contributed by atoms with van der Waals surface area (Å²) in [6, 6.07) is 6.56. The normalized spacial score (nSPS) is 17.9. The third kappa shape index (κ3) is 4.39. The number of ketones is 1. The number of pyridine rings is 1. The predicted octanol–water partition coefficient (Wildman–Crippen LogP) is 3.47. The summed E-state index contributed by atoms with van der Waals surface area (Å²) in [5, 5.41) is 11.4. The van der Waals surface area contributed by atoms with Crippen LogP contribution in [-0.4, -0.2) is 64.9 Å². The van der Waals surface area contributed by atoms with Crippen LogP contribution in [0.25, 0.3) is 5.76 Å². The highest BCUT2D eigenvalue weighted by molar-refractivity contribution is 6.46. The predicted molar refractivity (Wildman–Crippen MR) is 124 cm³/mol. The van der Waals surface area contributed by atoms with E-state index in [4.69, 9.17) is 4.74 Å². The van der Waals surface area contributed by atoms with E-state index >= 15 is 0 Å². The molecule has 0 bridgehead atoms. The van der Waals surface area contributed by atoms with Crippen LogP contribution in [0.5, 0.6) is 5.75 Å². The van der Waals surface area contributed by atoms with Crippen molar-refractivity contribution in [3.05, 3.63) is 64.5 Å². The number of nitrogens with zero attached hydrogens (tertiary/aromatic N) is 3. The summed E-state index contributed by atoms with van der Waals surface area (Å²) in [5.41, 5.74) is 2.96. The van der Waals surface area contributed by atoms with E-state index < -0.39 is 17.7 Å². The van der Waals surface area contributed by atoms with Crippen LogP contribution in [0, 0.1) is 13.8 Å². The molecule has 7 heteroatoms. The quantitative estimate of drug-likeness (QED) is 0.387. The van der Waals surface area contributed by atoms with E-state index in [9.17, 15) is 14.7 Å². The molecule has 1 amide bonds. The van der Waals surface area contributed by atoms with Gasteiger partial charge in [-0.1, -0.05) is 19.9 Å². The van der Waals surface area contributed by atoms with Crippen molar-refractivity contribution in [1.82, 2.24) is 14.8 Å². The number of methoxy groups -OCH3 is 1. The number of aliphatic hydroxyl groups excluding tert-OH is 1. The van der Waals surface area contributed by atoms with Crippen LogP contribution in [0.15, 0.2) is 42.2 Å². The summed E-state index contributed by atoms with van der Waals surface area (Å²) >= 11 is 0. The number of aromatic nitrogens is 1. The van der Waals surface area contributed by atoms with Gasteiger partial charge in [-0.05, 0) is 61.8 Å². The Morgan fingerprint density at radius 1 is 1.16 bits per heavy atom. The molecule has 1 unspecified atom stereocenters. The minimum atomic E-state index is -0.695. The highest BCUT2D eigenvalue weighted by Gasteiger charge is 2.46. The number of rotatable bonds is 8. The molecule has 0 radical (unpaired) electrons. The molecule has 1 aromatic carbocycles. The van der Waals surface area contributed by atoms with E-state index in [-0.39, 0.29) is 11.3 Å². The molecular formula is C25H31N3O4. The largest absolute Gasteiger partial charge is 0.507 e. The summed E-state index contributed by atoms with van der Waals surface area (Å²) in [5.74, 6) is -1.04. The van der Waals surface area contributed by atoms with Gasteiger partial charge in [0.2, 0.25) is 0 Å². The highest BCUT2D eigenvalue weighted by Crippen LogP contribution is 2.41. The van der Waals surface area contributed by atoms with Crippen LogP contribution in [0.1, 0.15) is 42.1 Å². The molecule has 1 saturated heterocycles. The standard InChI is InChI=1S/C25H31N3O4/c1-6-27(7-2)12-13-28-21(18-8-10-26-11-9-18)20(23(30)25(28)31)22(29)19-15-16(3)14-17(4)24(19)32-5/h8-11,14-15,21,29H,6-7,12-13H2,1-5H3/b22-20+. The molecule has 1 aromatic heterocycles. The SMILES string of the molecule is CCN(CC)CCN1C(=O)C(=O)/C(=C(/O)c2cc(C)cc(C)c2OC)C1c1ccncc1. The van der Waals surface area contributed by atoms with Gasteiger partial charge in [0, 0.05) is 25.5 Å². The van der Waals surface area contributed by atoms with Gasteiger partial charge in [-0.3, -0.25) is 14.6 Å². The van der Waals surface area contributed by atoms with Gasteiger partial charge in [-0.15, -0.1) is 0 Å². The molecule has 0 spiro atoms. The lowest BCUT2D eigenvalue weighted by atomic mass is 9.94. The molecule has 170 valence electrons. The van der Waals surface area contributed by atoms with Crippen LogP contribution in [0.2, 0.25) is 0 Å². The van der Waals surface area contributed by atoms with E-state index in [0.29, 0.717) is 24.4 Å². The fraction of sp³-hybridized carbons (Fsp3) is 0.400. The van der Waals surface area contributed by atoms with Crippen LogP contribution in [0.3, 0.4) is 0 Å². The summed E-state index contributed by atoms with van der Waals surface area (Å²) in [7, 11) is 1.53.